The molecule has 21 heavy (non-hydrogen) atoms. The second kappa shape index (κ2) is 7.84. The molecule has 1 unspecified atom stereocenters. The van der Waals surface area contributed by atoms with Gasteiger partial charge in [-0.3, -0.25) is 14.3 Å². The molecule has 0 aliphatic heterocycles. The van der Waals surface area contributed by atoms with Crippen LogP contribution in [0.3, 0.4) is 0 Å². The number of aromatic amines is 1. The second-order valence-corrected chi connectivity index (χ2v) is 5.33. The Morgan fingerprint density at radius 2 is 2.10 bits per heavy atom. The third kappa shape index (κ3) is 4.91. The maximum atomic E-state index is 11.8. The van der Waals surface area contributed by atoms with Crippen molar-refractivity contribution in [3.05, 3.63) is 20.8 Å². The summed E-state index contributed by atoms with van der Waals surface area (Å²) in [6.07, 6.45) is 0.0110. The Bertz CT molecular complexity index is 564. The highest BCUT2D eigenvalue weighted by molar-refractivity contribution is 5.60. The molecule has 0 radical (unpaired) electrons. The van der Waals surface area contributed by atoms with Gasteiger partial charge in [-0.05, 0) is 12.3 Å². The Morgan fingerprint density at radius 3 is 2.67 bits per heavy atom. The number of anilines is 2. The lowest BCUT2D eigenvalue weighted by atomic mass is 10.1. The van der Waals surface area contributed by atoms with Crippen molar-refractivity contribution in [2.45, 2.75) is 32.9 Å². The molecule has 0 bridgehead atoms. The van der Waals surface area contributed by atoms with Crippen molar-refractivity contribution in [2.75, 3.05) is 31.3 Å². The summed E-state index contributed by atoms with van der Waals surface area (Å²) in [6.45, 7) is 4.71. The monoisotopic (exact) mass is 300 g/mol. The first-order valence-corrected chi connectivity index (χ1v) is 6.90. The number of H-pyrrole nitrogens is 1. The number of aromatic nitrogens is 2. The van der Waals surface area contributed by atoms with Gasteiger partial charge in [0.2, 0.25) is 0 Å². The van der Waals surface area contributed by atoms with E-state index in [1.807, 2.05) is 13.8 Å². The zero-order valence-electron chi connectivity index (χ0n) is 12.7. The van der Waals surface area contributed by atoms with Gasteiger partial charge in [-0.1, -0.05) is 13.8 Å². The molecule has 0 saturated carbocycles. The van der Waals surface area contributed by atoms with Gasteiger partial charge in [-0.15, -0.1) is 0 Å². The van der Waals surface area contributed by atoms with Crippen LogP contribution < -0.4 is 22.3 Å². The topological polar surface area (TPSA) is 122 Å². The number of hydrogen-bond donors (Lipinski definition) is 4. The minimum Gasteiger partial charge on any atom is -0.391 e. The molecule has 0 aliphatic carbocycles. The molecule has 0 saturated heterocycles. The van der Waals surface area contributed by atoms with Crippen molar-refractivity contribution in [1.29, 1.82) is 0 Å². The summed E-state index contributed by atoms with van der Waals surface area (Å²) >= 11 is 0. The molecule has 1 heterocycles. The molecule has 120 valence electrons. The van der Waals surface area contributed by atoms with Crippen LogP contribution in [0.4, 0.5) is 11.5 Å². The number of ether oxygens (including phenoxy) is 1. The van der Waals surface area contributed by atoms with Crippen molar-refractivity contribution in [2.24, 2.45) is 5.92 Å². The van der Waals surface area contributed by atoms with E-state index in [-0.39, 0.29) is 24.6 Å². The number of methoxy groups -OCH3 is 1. The zero-order chi connectivity index (χ0) is 16.0. The lowest BCUT2D eigenvalue weighted by Crippen LogP contribution is -2.36. The van der Waals surface area contributed by atoms with E-state index < -0.39 is 17.4 Å². The third-order valence-electron chi connectivity index (χ3n) is 3.02. The Morgan fingerprint density at radius 1 is 1.43 bits per heavy atom. The first-order chi connectivity index (χ1) is 9.86. The molecular formula is C13H24N4O4. The molecular weight excluding hydrogens is 276 g/mol. The van der Waals surface area contributed by atoms with Crippen LogP contribution in [-0.2, 0) is 11.3 Å². The minimum absolute atomic E-state index is 0.0394. The van der Waals surface area contributed by atoms with Crippen LogP contribution in [0.25, 0.3) is 0 Å². The Kier molecular flexibility index (Phi) is 6.44. The van der Waals surface area contributed by atoms with Crippen molar-refractivity contribution in [1.82, 2.24) is 9.55 Å². The first kappa shape index (κ1) is 17.3. The average molecular weight is 300 g/mol. The number of rotatable bonds is 8. The molecule has 1 aromatic rings. The maximum Gasteiger partial charge on any atom is 0.330 e. The van der Waals surface area contributed by atoms with E-state index in [0.29, 0.717) is 18.9 Å². The second-order valence-electron chi connectivity index (χ2n) is 5.33. The van der Waals surface area contributed by atoms with Crippen LogP contribution in [0.15, 0.2) is 9.59 Å². The van der Waals surface area contributed by atoms with E-state index in [2.05, 4.69) is 10.3 Å². The maximum absolute atomic E-state index is 11.8. The van der Waals surface area contributed by atoms with Crippen LogP contribution in [0, 0.1) is 5.92 Å². The first-order valence-electron chi connectivity index (χ1n) is 6.90. The predicted molar refractivity (Wildman–Crippen MR) is 81.6 cm³/mol. The predicted octanol–water partition coefficient (Wildman–Crippen LogP) is -0.416. The van der Waals surface area contributed by atoms with Gasteiger partial charge in [-0.25, -0.2) is 4.79 Å². The Hall–Kier alpha value is -1.80. The van der Waals surface area contributed by atoms with E-state index >= 15 is 0 Å². The lowest BCUT2D eigenvalue weighted by molar-refractivity contribution is 0.161. The van der Waals surface area contributed by atoms with Crippen LogP contribution in [-0.4, -0.2) is 41.0 Å². The van der Waals surface area contributed by atoms with Crippen molar-refractivity contribution >= 4 is 11.5 Å². The minimum atomic E-state index is -0.595. The van der Waals surface area contributed by atoms with Gasteiger partial charge in [0.05, 0.1) is 19.3 Å². The molecule has 1 aromatic heterocycles. The standard InChI is InChI=1S/C13H24N4O4/c1-8(2)6-9(18)7-15-10-11(14)17(4-5-21-3)13(20)16-12(10)19/h8-9,15,18H,4-7,14H2,1-3H3,(H,16,19,20). The van der Waals surface area contributed by atoms with E-state index in [9.17, 15) is 14.7 Å². The number of hydrogen-bond acceptors (Lipinski definition) is 6. The number of aliphatic hydroxyl groups excluding tert-OH is 1. The molecule has 1 atom stereocenters. The molecule has 0 amide bonds. The molecule has 8 heteroatoms. The number of nitrogens with two attached hydrogens (primary N) is 1. The van der Waals surface area contributed by atoms with E-state index in [0.717, 1.165) is 0 Å². The molecule has 0 spiro atoms. The highest BCUT2D eigenvalue weighted by Crippen LogP contribution is 2.11. The molecule has 0 fully saturated rings. The normalized spacial score (nSPS) is 12.6. The van der Waals surface area contributed by atoms with Gasteiger partial charge in [0, 0.05) is 13.7 Å². The van der Waals surface area contributed by atoms with E-state index in [1.165, 1.54) is 11.7 Å². The Labute approximate surface area is 122 Å². The number of nitrogens with one attached hydrogen (secondary N) is 2. The largest absolute Gasteiger partial charge is 0.391 e. The summed E-state index contributed by atoms with van der Waals surface area (Å²) in [7, 11) is 1.51. The van der Waals surface area contributed by atoms with Gasteiger partial charge in [0.1, 0.15) is 11.5 Å². The van der Waals surface area contributed by atoms with Gasteiger partial charge >= 0.3 is 5.69 Å². The fourth-order valence-corrected chi connectivity index (χ4v) is 2.01. The van der Waals surface area contributed by atoms with Crippen LogP contribution in [0.1, 0.15) is 20.3 Å². The van der Waals surface area contributed by atoms with E-state index in [4.69, 9.17) is 10.5 Å². The quantitative estimate of drug-likeness (QED) is 0.517. The van der Waals surface area contributed by atoms with Crippen LogP contribution >= 0.6 is 0 Å². The highest BCUT2D eigenvalue weighted by atomic mass is 16.5. The summed E-state index contributed by atoms with van der Waals surface area (Å²) in [5.74, 6) is 0.380. The summed E-state index contributed by atoms with van der Waals surface area (Å²) in [5, 5.41) is 12.6. The van der Waals surface area contributed by atoms with Crippen molar-refractivity contribution in [3.63, 3.8) is 0 Å². The molecule has 5 N–H and O–H groups in total. The SMILES string of the molecule is COCCn1c(N)c(NCC(O)CC(C)C)c(=O)[nH]c1=O. The van der Waals surface area contributed by atoms with Gasteiger partial charge < -0.3 is 20.9 Å². The average Bonchev–Trinajstić information content (AvgIpc) is 2.37. The van der Waals surface area contributed by atoms with Crippen molar-refractivity contribution in [3.8, 4) is 0 Å². The zero-order valence-corrected chi connectivity index (χ0v) is 12.7. The van der Waals surface area contributed by atoms with Gasteiger partial charge in [0.25, 0.3) is 5.56 Å². The number of nitrogens with zero attached hydrogens (tertiary/aromatic N) is 1. The van der Waals surface area contributed by atoms with Crippen LogP contribution in [0.5, 0.6) is 0 Å². The molecule has 0 aromatic carbocycles. The highest BCUT2D eigenvalue weighted by Gasteiger charge is 2.14. The smallest absolute Gasteiger partial charge is 0.330 e. The van der Waals surface area contributed by atoms with Gasteiger partial charge in [0.15, 0.2) is 0 Å². The molecule has 1 rings (SSSR count). The Balaban J connectivity index is 2.91. The van der Waals surface area contributed by atoms with Gasteiger partial charge in [-0.2, -0.15) is 0 Å². The summed E-state index contributed by atoms with van der Waals surface area (Å²) in [5.41, 5.74) is 4.77. The number of aliphatic hydroxyl groups is 1. The lowest BCUT2D eigenvalue weighted by Gasteiger charge is -2.17. The molecule has 0 aliphatic rings. The van der Waals surface area contributed by atoms with Crippen LogP contribution in [0.2, 0.25) is 0 Å². The molecule has 8 nitrogen and oxygen atoms in total. The summed E-state index contributed by atoms with van der Waals surface area (Å²) in [6, 6.07) is 0. The number of nitrogen functional groups attached to an aromatic ring is 1. The fraction of sp³-hybridized carbons (Fsp3) is 0.692. The summed E-state index contributed by atoms with van der Waals surface area (Å²) < 4.78 is 6.12. The fourth-order valence-electron chi connectivity index (χ4n) is 2.01. The van der Waals surface area contributed by atoms with Crippen molar-refractivity contribution < 1.29 is 9.84 Å². The summed E-state index contributed by atoms with van der Waals surface area (Å²) in [4.78, 5) is 25.7. The third-order valence-corrected chi connectivity index (χ3v) is 3.02. The van der Waals surface area contributed by atoms with E-state index in [1.54, 1.807) is 0 Å².